The minimum absolute atomic E-state index is 0.0196. The molecule has 0 bridgehead atoms. The predicted octanol–water partition coefficient (Wildman–Crippen LogP) is 0.934. The minimum atomic E-state index is -0.275. The maximum atomic E-state index is 12.3. The lowest BCUT2D eigenvalue weighted by atomic mass is 9.95. The van der Waals surface area contributed by atoms with Crippen LogP contribution >= 0.6 is 0 Å². The van der Waals surface area contributed by atoms with Crippen molar-refractivity contribution < 1.29 is 9.90 Å². The van der Waals surface area contributed by atoms with Gasteiger partial charge in [-0.3, -0.25) is 9.59 Å². The van der Waals surface area contributed by atoms with Gasteiger partial charge in [0, 0.05) is 31.2 Å². The van der Waals surface area contributed by atoms with Crippen molar-refractivity contribution in [2.24, 2.45) is 5.92 Å². The molecule has 6 nitrogen and oxygen atoms in total. The highest BCUT2D eigenvalue weighted by molar-refractivity contribution is 5.92. The van der Waals surface area contributed by atoms with Crippen molar-refractivity contribution >= 4 is 5.91 Å². The zero-order chi connectivity index (χ0) is 15.2. The first-order valence-electron chi connectivity index (χ1n) is 7.65. The Morgan fingerprint density at radius 2 is 2.14 bits per heavy atom. The molecule has 1 aromatic rings. The normalized spacial score (nSPS) is 22.6. The molecule has 6 heteroatoms. The molecule has 2 atom stereocenters. The lowest BCUT2D eigenvalue weighted by Gasteiger charge is -2.24. The van der Waals surface area contributed by atoms with Gasteiger partial charge in [0.15, 0.2) is 0 Å². The molecule has 1 saturated carbocycles. The molecule has 1 aliphatic carbocycles. The van der Waals surface area contributed by atoms with Gasteiger partial charge >= 0.3 is 0 Å². The third-order valence-electron chi connectivity index (χ3n) is 4.11. The van der Waals surface area contributed by atoms with E-state index in [9.17, 15) is 14.7 Å². The summed E-state index contributed by atoms with van der Waals surface area (Å²) in [6.45, 7) is 2.33. The molecule has 2 N–H and O–H groups in total. The lowest BCUT2D eigenvalue weighted by Crippen LogP contribution is -2.42. The number of aliphatic hydroxyl groups excluding tert-OH is 1. The van der Waals surface area contributed by atoms with Crippen LogP contribution in [0.25, 0.3) is 0 Å². The summed E-state index contributed by atoms with van der Waals surface area (Å²) in [4.78, 5) is 23.8. The number of nitrogens with one attached hydrogen (secondary N) is 1. The zero-order valence-electron chi connectivity index (χ0n) is 12.4. The molecule has 2 unspecified atom stereocenters. The van der Waals surface area contributed by atoms with Gasteiger partial charge in [-0.2, -0.15) is 5.10 Å². The van der Waals surface area contributed by atoms with Crippen LogP contribution in [0.1, 0.15) is 49.5 Å². The van der Waals surface area contributed by atoms with Gasteiger partial charge in [0.25, 0.3) is 11.5 Å². The van der Waals surface area contributed by atoms with Gasteiger partial charge in [0.05, 0.1) is 0 Å². The Bertz CT molecular complexity index is 541. The minimum Gasteiger partial charge on any atom is -0.396 e. The van der Waals surface area contributed by atoms with Gasteiger partial charge in [-0.1, -0.05) is 19.3 Å². The van der Waals surface area contributed by atoms with E-state index in [0.717, 1.165) is 32.1 Å². The van der Waals surface area contributed by atoms with Gasteiger partial charge < -0.3 is 10.4 Å². The topological polar surface area (TPSA) is 84.2 Å². The summed E-state index contributed by atoms with van der Waals surface area (Å²) in [6, 6.07) is 2.80. The number of aryl methyl sites for hydroxylation is 1. The molecule has 2 rings (SSSR count). The second kappa shape index (κ2) is 7.36. The van der Waals surface area contributed by atoms with E-state index in [1.807, 2.05) is 6.92 Å². The van der Waals surface area contributed by atoms with Crippen molar-refractivity contribution in [3.05, 3.63) is 28.2 Å². The van der Waals surface area contributed by atoms with Crippen LogP contribution in [0.3, 0.4) is 0 Å². The molecule has 0 saturated heterocycles. The monoisotopic (exact) mass is 293 g/mol. The molecule has 21 heavy (non-hydrogen) atoms. The van der Waals surface area contributed by atoms with Crippen LogP contribution in [0.4, 0.5) is 0 Å². The number of carbonyl (C=O) groups is 1. The van der Waals surface area contributed by atoms with Crippen LogP contribution in [0.15, 0.2) is 16.9 Å². The SMILES string of the molecule is CCn1nc(C(=O)NC2CCCCCC2CO)ccc1=O. The van der Waals surface area contributed by atoms with Crippen LogP contribution in [0, 0.1) is 5.92 Å². The van der Waals surface area contributed by atoms with Crippen molar-refractivity contribution in [2.75, 3.05) is 6.61 Å². The van der Waals surface area contributed by atoms with E-state index in [4.69, 9.17) is 0 Å². The smallest absolute Gasteiger partial charge is 0.271 e. The van der Waals surface area contributed by atoms with E-state index < -0.39 is 0 Å². The number of aliphatic hydroxyl groups is 1. The van der Waals surface area contributed by atoms with Gasteiger partial charge in [-0.15, -0.1) is 0 Å². The number of amides is 1. The average Bonchev–Trinajstić information content (AvgIpc) is 2.72. The quantitative estimate of drug-likeness (QED) is 0.809. The van der Waals surface area contributed by atoms with Gasteiger partial charge in [-0.25, -0.2) is 4.68 Å². The number of hydrogen-bond donors (Lipinski definition) is 2. The Labute approximate surface area is 124 Å². The molecule has 116 valence electrons. The molecule has 1 amide bonds. The Hall–Kier alpha value is -1.69. The predicted molar refractivity (Wildman–Crippen MR) is 79.1 cm³/mol. The van der Waals surface area contributed by atoms with Crippen molar-refractivity contribution in [3.63, 3.8) is 0 Å². The molecular formula is C15H23N3O3. The Morgan fingerprint density at radius 3 is 2.86 bits per heavy atom. The summed E-state index contributed by atoms with van der Waals surface area (Å²) in [6.07, 6.45) is 5.11. The summed E-state index contributed by atoms with van der Waals surface area (Å²) in [5, 5.41) is 16.5. The van der Waals surface area contributed by atoms with Crippen LogP contribution < -0.4 is 10.9 Å². The highest BCUT2D eigenvalue weighted by atomic mass is 16.3. The third-order valence-corrected chi connectivity index (χ3v) is 4.11. The van der Waals surface area contributed by atoms with Crippen LogP contribution in [-0.2, 0) is 6.54 Å². The highest BCUT2D eigenvalue weighted by Crippen LogP contribution is 2.23. The Morgan fingerprint density at radius 1 is 1.38 bits per heavy atom. The van der Waals surface area contributed by atoms with Crippen molar-refractivity contribution in [1.29, 1.82) is 0 Å². The van der Waals surface area contributed by atoms with E-state index in [-0.39, 0.29) is 35.7 Å². The van der Waals surface area contributed by atoms with Crippen molar-refractivity contribution in [1.82, 2.24) is 15.1 Å². The number of aromatic nitrogens is 2. The second-order valence-electron chi connectivity index (χ2n) is 5.53. The molecule has 1 fully saturated rings. The van der Waals surface area contributed by atoms with E-state index in [1.54, 1.807) is 0 Å². The summed E-state index contributed by atoms with van der Waals surface area (Å²) in [7, 11) is 0. The molecule has 1 aliphatic rings. The zero-order valence-corrected chi connectivity index (χ0v) is 12.4. The van der Waals surface area contributed by atoms with Crippen LogP contribution in [-0.4, -0.2) is 33.4 Å². The summed E-state index contributed by atoms with van der Waals surface area (Å²) in [5.74, 6) is -0.170. The van der Waals surface area contributed by atoms with Gasteiger partial charge in [-0.05, 0) is 25.8 Å². The number of hydrogen-bond acceptors (Lipinski definition) is 4. The van der Waals surface area contributed by atoms with Crippen molar-refractivity contribution in [3.8, 4) is 0 Å². The molecule has 0 spiro atoms. The fourth-order valence-electron chi connectivity index (χ4n) is 2.83. The number of rotatable bonds is 4. The molecule has 0 aliphatic heterocycles. The van der Waals surface area contributed by atoms with Gasteiger partial charge in [0.1, 0.15) is 5.69 Å². The fraction of sp³-hybridized carbons (Fsp3) is 0.667. The first kappa shape index (κ1) is 15.7. The first-order valence-corrected chi connectivity index (χ1v) is 7.65. The Balaban J connectivity index is 2.10. The van der Waals surface area contributed by atoms with Gasteiger partial charge in [0.2, 0.25) is 0 Å². The average molecular weight is 293 g/mol. The maximum absolute atomic E-state index is 12.3. The van der Waals surface area contributed by atoms with E-state index in [2.05, 4.69) is 10.4 Å². The lowest BCUT2D eigenvalue weighted by molar-refractivity contribution is 0.0892. The standard InChI is InChI=1S/C15H23N3O3/c1-2-18-14(20)9-8-13(17-18)15(21)16-12-7-5-3-4-6-11(12)10-19/h8-9,11-12,19H,2-7,10H2,1H3,(H,16,21). The van der Waals surface area contributed by atoms with E-state index in [1.165, 1.54) is 16.8 Å². The fourth-order valence-corrected chi connectivity index (χ4v) is 2.83. The molecular weight excluding hydrogens is 270 g/mol. The Kier molecular flexibility index (Phi) is 5.50. The third kappa shape index (κ3) is 3.91. The van der Waals surface area contributed by atoms with E-state index >= 15 is 0 Å². The number of nitrogens with zero attached hydrogens (tertiary/aromatic N) is 2. The molecule has 0 aromatic carbocycles. The molecule has 0 radical (unpaired) electrons. The second-order valence-corrected chi connectivity index (χ2v) is 5.53. The summed E-state index contributed by atoms with van der Waals surface area (Å²) < 4.78 is 1.27. The van der Waals surface area contributed by atoms with E-state index in [0.29, 0.717) is 6.54 Å². The maximum Gasteiger partial charge on any atom is 0.271 e. The molecule has 1 heterocycles. The largest absolute Gasteiger partial charge is 0.396 e. The number of carbonyl (C=O) groups excluding carboxylic acids is 1. The van der Waals surface area contributed by atoms with Crippen LogP contribution in [0.2, 0.25) is 0 Å². The molecule has 1 aromatic heterocycles. The van der Waals surface area contributed by atoms with Crippen LogP contribution in [0.5, 0.6) is 0 Å². The van der Waals surface area contributed by atoms with Crippen molar-refractivity contribution in [2.45, 2.75) is 51.6 Å². The summed E-state index contributed by atoms with van der Waals surface area (Å²) >= 11 is 0. The first-order chi connectivity index (χ1) is 10.2. The summed E-state index contributed by atoms with van der Waals surface area (Å²) in [5.41, 5.74) is 0.0362. The highest BCUT2D eigenvalue weighted by Gasteiger charge is 2.25.